The Kier molecular flexibility index (Phi) is 7.52. The number of methoxy groups -OCH3 is 2. The summed E-state index contributed by atoms with van der Waals surface area (Å²) in [4.78, 5) is 14.0. The van der Waals surface area contributed by atoms with Crippen LogP contribution in [0.5, 0.6) is 17.2 Å². The molecule has 0 radical (unpaired) electrons. The highest BCUT2D eigenvalue weighted by Gasteiger charge is 2.15. The standard InChI is InChI=1S/C21H25N3O4/c1-5-28-20-18(26-3)10-17(11-19(20)27-4)13-23-21(25)24(2)14-16-8-6-15(12-22)7-9-16/h6-11H,5,13-14H2,1-4H3,(H,23,25). The molecule has 0 atom stereocenters. The van der Waals surface area contributed by atoms with Gasteiger partial charge in [-0.3, -0.25) is 0 Å². The second-order valence-corrected chi connectivity index (χ2v) is 6.09. The van der Waals surface area contributed by atoms with Crippen molar-refractivity contribution in [1.29, 1.82) is 5.26 Å². The van der Waals surface area contributed by atoms with Crippen LogP contribution in [-0.2, 0) is 13.1 Å². The number of carbonyl (C=O) groups excluding carboxylic acids is 1. The van der Waals surface area contributed by atoms with Crippen LogP contribution in [0.3, 0.4) is 0 Å². The molecule has 0 saturated heterocycles. The summed E-state index contributed by atoms with van der Waals surface area (Å²) < 4.78 is 16.4. The lowest BCUT2D eigenvalue weighted by molar-refractivity contribution is 0.206. The zero-order chi connectivity index (χ0) is 20.5. The number of nitrogens with one attached hydrogen (secondary N) is 1. The van der Waals surface area contributed by atoms with E-state index in [2.05, 4.69) is 11.4 Å². The molecular weight excluding hydrogens is 358 g/mol. The summed E-state index contributed by atoms with van der Waals surface area (Å²) in [6.45, 7) is 3.13. The van der Waals surface area contributed by atoms with Gasteiger partial charge in [-0.1, -0.05) is 12.1 Å². The zero-order valence-electron chi connectivity index (χ0n) is 16.6. The molecule has 0 spiro atoms. The van der Waals surface area contributed by atoms with E-state index in [1.165, 1.54) is 0 Å². The maximum absolute atomic E-state index is 12.4. The van der Waals surface area contributed by atoms with Gasteiger partial charge < -0.3 is 24.4 Å². The van der Waals surface area contributed by atoms with Crippen molar-refractivity contribution in [3.05, 3.63) is 53.1 Å². The Bertz CT molecular complexity index is 819. The SMILES string of the molecule is CCOc1c(OC)cc(CNC(=O)N(C)Cc2ccc(C#N)cc2)cc1OC. The number of rotatable bonds is 8. The van der Waals surface area contributed by atoms with E-state index in [1.807, 2.05) is 31.2 Å². The first kappa shape index (κ1) is 20.9. The van der Waals surface area contributed by atoms with Crippen LogP contribution >= 0.6 is 0 Å². The summed E-state index contributed by atoms with van der Waals surface area (Å²) >= 11 is 0. The summed E-state index contributed by atoms with van der Waals surface area (Å²) in [6.07, 6.45) is 0. The van der Waals surface area contributed by atoms with Crippen molar-refractivity contribution in [2.45, 2.75) is 20.0 Å². The molecule has 2 rings (SSSR count). The maximum Gasteiger partial charge on any atom is 0.317 e. The van der Waals surface area contributed by atoms with Crippen molar-refractivity contribution in [3.63, 3.8) is 0 Å². The van der Waals surface area contributed by atoms with Crippen molar-refractivity contribution in [3.8, 4) is 23.3 Å². The van der Waals surface area contributed by atoms with Gasteiger partial charge in [0.15, 0.2) is 11.5 Å². The minimum absolute atomic E-state index is 0.212. The van der Waals surface area contributed by atoms with Crippen LogP contribution in [-0.4, -0.2) is 38.8 Å². The monoisotopic (exact) mass is 383 g/mol. The molecule has 7 nitrogen and oxygen atoms in total. The number of carbonyl (C=O) groups is 1. The zero-order valence-corrected chi connectivity index (χ0v) is 16.6. The molecule has 1 N–H and O–H groups in total. The van der Waals surface area contributed by atoms with Crippen LogP contribution in [0.4, 0.5) is 4.79 Å². The highest BCUT2D eigenvalue weighted by molar-refractivity contribution is 5.74. The number of ether oxygens (including phenoxy) is 3. The molecule has 0 aromatic heterocycles. The second kappa shape index (κ2) is 10.1. The number of nitriles is 1. The smallest absolute Gasteiger partial charge is 0.317 e. The maximum atomic E-state index is 12.4. The molecule has 2 aromatic rings. The molecule has 0 heterocycles. The third kappa shape index (κ3) is 5.30. The van der Waals surface area contributed by atoms with E-state index in [0.717, 1.165) is 11.1 Å². The van der Waals surface area contributed by atoms with Crippen LogP contribution < -0.4 is 19.5 Å². The largest absolute Gasteiger partial charge is 0.493 e. The van der Waals surface area contributed by atoms with Gasteiger partial charge in [0.1, 0.15) is 0 Å². The molecule has 28 heavy (non-hydrogen) atoms. The third-order valence-electron chi connectivity index (χ3n) is 4.10. The fourth-order valence-electron chi connectivity index (χ4n) is 2.67. The first-order chi connectivity index (χ1) is 13.5. The molecule has 0 fully saturated rings. The number of amides is 2. The number of benzene rings is 2. The number of urea groups is 1. The van der Waals surface area contributed by atoms with E-state index in [-0.39, 0.29) is 6.03 Å². The summed E-state index contributed by atoms with van der Waals surface area (Å²) in [5.74, 6) is 1.65. The number of hydrogen-bond acceptors (Lipinski definition) is 5. The quantitative estimate of drug-likeness (QED) is 0.756. The normalized spacial score (nSPS) is 9.96. The van der Waals surface area contributed by atoms with Crippen LogP contribution in [0.2, 0.25) is 0 Å². The lowest BCUT2D eigenvalue weighted by atomic mass is 10.1. The average molecular weight is 383 g/mol. The van der Waals surface area contributed by atoms with E-state index in [0.29, 0.717) is 42.5 Å². The Morgan fingerprint density at radius 1 is 1.11 bits per heavy atom. The Morgan fingerprint density at radius 3 is 2.21 bits per heavy atom. The summed E-state index contributed by atoms with van der Waals surface area (Å²) in [7, 11) is 4.84. The molecular formula is C21H25N3O4. The van der Waals surface area contributed by atoms with Gasteiger partial charge in [0.25, 0.3) is 0 Å². The fraction of sp³-hybridized carbons (Fsp3) is 0.333. The Balaban J connectivity index is 2.01. The minimum Gasteiger partial charge on any atom is -0.493 e. The van der Waals surface area contributed by atoms with E-state index in [1.54, 1.807) is 38.3 Å². The van der Waals surface area contributed by atoms with Gasteiger partial charge in [-0.15, -0.1) is 0 Å². The predicted octanol–water partition coefficient (Wildman–Crippen LogP) is 3.32. The molecule has 0 aliphatic carbocycles. The summed E-state index contributed by atoms with van der Waals surface area (Å²) in [5.41, 5.74) is 2.37. The second-order valence-electron chi connectivity index (χ2n) is 6.09. The Labute approximate surface area is 165 Å². The van der Waals surface area contributed by atoms with E-state index in [4.69, 9.17) is 19.5 Å². The summed E-state index contributed by atoms with van der Waals surface area (Å²) in [5, 5.41) is 11.7. The van der Waals surface area contributed by atoms with Gasteiger partial charge in [-0.05, 0) is 42.3 Å². The molecule has 0 saturated carbocycles. The topological polar surface area (TPSA) is 83.8 Å². The average Bonchev–Trinajstić information content (AvgIpc) is 2.72. The highest BCUT2D eigenvalue weighted by Crippen LogP contribution is 2.38. The van der Waals surface area contributed by atoms with Gasteiger partial charge >= 0.3 is 6.03 Å². The van der Waals surface area contributed by atoms with Gasteiger partial charge in [0, 0.05) is 20.1 Å². The van der Waals surface area contributed by atoms with Gasteiger partial charge in [-0.25, -0.2) is 4.79 Å². The first-order valence-electron chi connectivity index (χ1n) is 8.88. The third-order valence-corrected chi connectivity index (χ3v) is 4.10. The number of hydrogen-bond donors (Lipinski definition) is 1. The molecule has 7 heteroatoms. The van der Waals surface area contributed by atoms with E-state index >= 15 is 0 Å². The number of nitrogens with zero attached hydrogens (tertiary/aromatic N) is 2. The van der Waals surface area contributed by atoms with Crippen molar-refractivity contribution in [2.75, 3.05) is 27.9 Å². The molecule has 0 aliphatic heterocycles. The lowest BCUT2D eigenvalue weighted by Gasteiger charge is -2.19. The van der Waals surface area contributed by atoms with Crippen LogP contribution in [0, 0.1) is 11.3 Å². The molecule has 148 valence electrons. The van der Waals surface area contributed by atoms with Crippen molar-refractivity contribution >= 4 is 6.03 Å². The van der Waals surface area contributed by atoms with Gasteiger partial charge in [-0.2, -0.15) is 5.26 Å². The molecule has 2 amide bonds. The van der Waals surface area contributed by atoms with E-state index in [9.17, 15) is 4.79 Å². The highest BCUT2D eigenvalue weighted by atomic mass is 16.5. The first-order valence-corrected chi connectivity index (χ1v) is 8.88. The van der Waals surface area contributed by atoms with Crippen molar-refractivity contribution in [1.82, 2.24) is 10.2 Å². The Hall–Kier alpha value is -3.40. The fourth-order valence-corrected chi connectivity index (χ4v) is 2.67. The molecule has 0 unspecified atom stereocenters. The lowest BCUT2D eigenvalue weighted by Crippen LogP contribution is -2.36. The van der Waals surface area contributed by atoms with Gasteiger partial charge in [0.2, 0.25) is 5.75 Å². The van der Waals surface area contributed by atoms with Crippen LogP contribution in [0.15, 0.2) is 36.4 Å². The van der Waals surface area contributed by atoms with Gasteiger partial charge in [0.05, 0.1) is 32.5 Å². The van der Waals surface area contributed by atoms with E-state index < -0.39 is 0 Å². The van der Waals surface area contributed by atoms with Crippen LogP contribution in [0.25, 0.3) is 0 Å². The van der Waals surface area contributed by atoms with Crippen molar-refractivity contribution in [2.24, 2.45) is 0 Å². The van der Waals surface area contributed by atoms with Crippen molar-refractivity contribution < 1.29 is 19.0 Å². The Morgan fingerprint density at radius 2 is 1.71 bits per heavy atom. The van der Waals surface area contributed by atoms with Crippen LogP contribution in [0.1, 0.15) is 23.6 Å². The molecule has 0 bridgehead atoms. The molecule has 0 aliphatic rings. The predicted molar refractivity (Wildman–Crippen MR) is 106 cm³/mol. The minimum atomic E-state index is -0.212. The summed E-state index contributed by atoms with van der Waals surface area (Å²) in [6, 6.07) is 12.6. The molecule has 2 aromatic carbocycles.